The number of carbonyl (C=O) groups is 2. The Labute approximate surface area is 203 Å². The molecule has 34 heavy (non-hydrogen) atoms. The highest BCUT2D eigenvalue weighted by atomic mass is 32.1. The van der Waals surface area contributed by atoms with Crippen LogP contribution in [-0.4, -0.2) is 26.6 Å². The van der Waals surface area contributed by atoms with Gasteiger partial charge in [-0.1, -0.05) is 0 Å². The van der Waals surface area contributed by atoms with Crippen LogP contribution in [0.3, 0.4) is 0 Å². The highest BCUT2D eigenvalue weighted by Gasteiger charge is 2.26. The minimum absolute atomic E-state index is 0.0716. The van der Waals surface area contributed by atoms with Crippen LogP contribution in [0.15, 0.2) is 41.8 Å². The minimum Gasteiger partial charge on any atom is -0.351 e. The lowest BCUT2D eigenvalue weighted by Gasteiger charge is -2.14. The second-order valence-corrected chi connectivity index (χ2v) is 10.1. The number of benzene rings is 1. The van der Waals surface area contributed by atoms with E-state index in [9.17, 15) is 14.0 Å². The Balaban J connectivity index is 1.36. The molecule has 0 bridgehead atoms. The summed E-state index contributed by atoms with van der Waals surface area (Å²) in [6.45, 7) is 1.97. The van der Waals surface area contributed by atoms with Crippen LogP contribution in [0, 0.1) is 5.82 Å². The van der Waals surface area contributed by atoms with Gasteiger partial charge in [-0.2, -0.15) is 5.10 Å². The predicted molar refractivity (Wildman–Crippen MR) is 131 cm³/mol. The van der Waals surface area contributed by atoms with Gasteiger partial charge in [-0.05, 0) is 62.1 Å². The molecule has 0 fully saturated rings. The lowest BCUT2D eigenvalue weighted by molar-refractivity contribution is -0.119. The molecular formula is C24H22FN5O2S2. The number of aromatic nitrogens is 3. The fraction of sp³-hybridized carbons (Fsp3) is 0.250. The zero-order valence-corrected chi connectivity index (χ0v) is 20.1. The van der Waals surface area contributed by atoms with E-state index in [-0.39, 0.29) is 17.6 Å². The Bertz CT molecular complexity index is 1360. The molecule has 1 aromatic carbocycles. The molecule has 2 N–H and O–H groups in total. The maximum absolute atomic E-state index is 13.4. The molecule has 3 heterocycles. The number of amides is 2. The van der Waals surface area contributed by atoms with E-state index >= 15 is 0 Å². The molecule has 1 aliphatic carbocycles. The topological polar surface area (TPSA) is 88.9 Å². The minimum atomic E-state index is -0.310. The first-order valence-corrected chi connectivity index (χ1v) is 12.6. The number of nitrogens with zero attached hydrogens (tertiary/aromatic N) is 3. The Morgan fingerprint density at radius 3 is 2.71 bits per heavy atom. The van der Waals surface area contributed by atoms with E-state index in [1.807, 2.05) is 17.5 Å². The van der Waals surface area contributed by atoms with E-state index in [2.05, 4.69) is 20.7 Å². The normalized spacial score (nSPS) is 12.9. The molecule has 7 nitrogen and oxygen atoms in total. The van der Waals surface area contributed by atoms with Crippen molar-refractivity contribution in [2.24, 2.45) is 0 Å². The van der Waals surface area contributed by atoms with E-state index < -0.39 is 0 Å². The van der Waals surface area contributed by atoms with Gasteiger partial charge in [0.1, 0.15) is 5.82 Å². The molecule has 5 rings (SSSR count). The Kier molecular flexibility index (Phi) is 6.25. The number of halogens is 1. The average molecular weight is 496 g/mol. The highest BCUT2D eigenvalue weighted by molar-refractivity contribution is 7.17. The third-order valence-corrected chi connectivity index (χ3v) is 7.48. The Morgan fingerprint density at radius 1 is 1.12 bits per heavy atom. The predicted octanol–water partition coefficient (Wildman–Crippen LogP) is 4.96. The Morgan fingerprint density at radius 2 is 1.91 bits per heavy atom. The largest absolute Gasteiger partial charge is 0.351 e. The molecule has 4 aromatic rings. The lowest BCUT2D eigenvalue weighted by atomic mass is 9.95. The standard InChI is InChI=1S/C24H22FN5O2S2/c1-14(31)26-12-17-10-11-21(34-17)19-13-33-24(27-19)28-23(32)22-18-4-2-3-5-20(18)30(29-22)16-8-6-15(25)7-9-16/h6-11,13H,2-5,12H2,1H3,(H,26,31)(H,27,28,32). The molecule has 1 aliphatic rings. The van der Waals surface area contributed by atoms with E-state index in [0.717, 1.165) is 58.1 Å². The van der Waals surface area contributed by atoms with E-state index in [4.69, 9.17) is 0 Å². The van der Waals surface area contributed by atoms with Gasteiger partial charge in [0.2, 0.25) is 5.91 Å². The smallest absolute Gasteiger partial charge is 0.278 e. The molecule has 0 aliphatic heterocycles. The van der Waals surface area contributed by atoms with Crippen LogP contribution in [0.4, 0.5) is 9.52 Å². The van der Waals surface area contributed by atoms with Crippen LogP contribution >= 0.6 is 22.7 Å². The maximum atomic E-state index is 13.4. The van der Waals surface area contributed by atoms with Crippen molar-refractivity contribution in [2.75, 3.05) is 5.32 Å². The van der Waals surface area contributed by atoms with Gasteiger partial charge in [0, 0.05) is 28.4 Å². The summed E-state index contributed by atoms with van der Waals surface area (Å²) in [6.07, 6.45) is 3.65. The van der Waals surface area contributed by atoms with Gasteiger partial charge in [-0.15, -0.1) is 22.7 Å². The molecule has 0 radical (unpaired) electrons. The first-order chi connectivity index (χ1) is 16.5. The van der Waals surface area contributed by atoms with Gasteiger partial charge in [0.15, 0.2) is 10.8 Å². The maximum Gasteiger partial charge on any atom is 0.278 e. The zero-order chi connectivity index (χ0) is 23.7. The number of fused-ring (bicyclic) bond motifs is 1. The summed E-state index contributed by atoms with van der Waals surface area (Å²) in [5.74, 6) is -0.676. The van der Waals surface area contributed by atoms with Gasteiger partial charge < -0.3 is 5.32 Å². The SMILES string of the molecule is CC(=O)NCc1ccc(-c2csc(NC(=O)c3nn(-c4ccc(F)cc4)c4c3CCCC4)n2)s1. The van der Waals surface area contributed by atoms with Crippen molar-refractivity contribution in [3.8, 4) is 16.3 Å². The highest BCUT2D eigenvalue weighted by Crippen LogP contribution is 2.32. The molecule has 0 saturated heterocycles. The average Bonchev–Trinajstić information content (AvgIpc) is 3.56. The van der Waals surface area contributed by atoms with E-state index in [1.54, 1.807) is 28.2 Å². The van der Waals surface area contributed by atoms with Gasteiger partial charge in [0.05, 0.1) is 22.8 Å². The second kappa shape index (κ2) is 9.47. The Hall–Kier alpha value is -3.37. The van der Waals surface area contributed by atoms with Gasteiger partial charge in [0.25, 0.3) is 5.91 Å². The van der Waals surface area contributed by atoms with Crippen molar-refractivity contribution in [2.45, 2.75) is 39.2 Å². The molecule has 0 spiro atoms. The summed E-state index contributed by atoms with van der Waals surface area (Å²) >= 11 is 2.91. The number of hydrogen-bond donors (Lipinski definition) is 2. The summed E-state index contributed by atoms with van der Waals surface area (Å²) in [6, 6.07) is 10.1. The van der Waals surface area contributed by atoms with E-state index in [0.29, 0.717) is 17.4 Å². The van der Waals surface area contributed by atoms with Crippen molar-refractivity contribution in [3.05, 3.63) is 69.4 Å². The van der Waals surface area contributed by atoms with E-state index in [1.165, 1.54) is 30.4 Å². The van der Waals surface area contributed by atoms with Crippen LogP contribution in [0.5, 0.6) is 0 Å². The quantitative estimate of drug-likeness (QED) is 0.396. The van der Waals surface area contributed by atoms with Gasteiger partial charge >= 0.3 is 0 Å². The van der Waals surface area contributed by atoms with Gasteiger partial charge in [-0.3, -0.25) is 14.9 Å². The van der Waals surface area contributed by atoms with Crippen molar-refractivity contribution in [3.63, 3.8) is 0 Å². The summed E-state index contributed by atoms with van der Waals surface area (Å²) < 4.78 is 15.2. The molecule has 10 heteroatoms. The molecule has 2 amide bonds. The number of thiazole rings is 1. The first-order valence-electron chi connectivity index (χ1n) is 10.9. The third kappa shape index (κ3) is 4.64. The van der Waals surface area contributed by atoms with Crippen molar-refractivity contribution in [1.29, 1.82) is 0 Å². The number of rotatable bonds is 6. The number of nitrogens with one attached hydrogen (secondary N) is 2. The fourth-order valence-corrected chi connectivity index (χ4v) is 5.69. The number of hydrogen-bond acceptors (Lipinski definition) is 6. The molecule has 0 saturated carbocycles. The first kappa shape index (κ1) is 22.4. The number of anilines is 1. The number of thiophene rings is 1. The second-order valence-electron chi connectivity index (χ2n) is 8.04. The summed E-state index contributed by atoms with van der Waals surface area (Å²) in [4.78, 5) is 30.9. The fourth-order valence-electron chi connectivity index (χ4n) is 4.00. The van der Waals surface area contributed by atoms with Crippen LogP contribution < -0.4 is 10.6 Å². The summed E-state index contributed by atoms with van der Waals surface area (Å²) in [5, 5.41) is 12.7. The lowest BCUT2D eigenvalue weighted by Crippen LogP contribution is -2.17. The molecule has 174 valence electrons. The molecule has 0 unspecified atom stereocenters. The van der Waals surface area contributed by atoms with Crippen molar-refractivity contribution in [1.82, 2.24) is 20.1 Å². The summed E-state index contributed by atoms with van der Waals surface area (Å²) in [5.41, 5.74) is 3.87. The van der Waals surface area contributed by atoms with Crippen molar-refractivity contribution >= 4 is 39.6 Å². The third-order valence-electron chi connectivity index (χ3n) is 5.62. The number of carbonyl (C=O) groups excluding carboxylic acids is 2. The molecule has 3 aromatic heterocycles. The van der Waals surface area contributed by atoms with Crippen LogP contribution in [0.2, 0.25) is 0 Å². The van der Waals surface area contributed by atoms with Crippen molar-refractivity contribution < 1.29 is 14.0 Å². The monoisotopic (exact) mass is 495 g/mol. The van der Waals surface area contributed by atoms with Crippen LogP contribution in [-0.2, 0) is 24.2 Å². The summed E-state index contributed by atoms with van der Waals surface area (Å²) in [7, 11) is 0. The zero-order valence-electron chi connectivity index (χ0n) is 18.4. The van der Waals surface area contributed by atoms with Crippen LogP contribution in [0.25, 0.3) is 16.3 Å². The van der Waals surface area contributed by atoms with Crippen LogP contribution in [0.1, 0.15) is 46.4 Å². The van der Waals surface area contributed by atoms with Gasteiger partial charge in [-0.25, -0.2) is 14.1 Å². The molecular weight excluding hydrogens is 473 g/mol. The molecule has 0 atom stereocenters.